The molecule has 1 aromatic rings. The molecule has 1 aliphatic heterocycles. The van der Waals surface area contributed by atoms with E-state index >= 15 is 0 Å². The van der Waals surface area contributed by atoms with E-state index < -0.39 is 11.8 Å². The molecule has 5 nitrogen and oxygen atoms in total. The quantitative estimate of drug-likeness (QED) is 0.782. The zero-order chi connectivity index (χ0) is 16.8. The van der Waals surface area contributed by atoms with Crippen molar-refractivity contribution in [3.63, 3.8) is 0 Å². The number of hydrogen-bond donors (Lipinski definition) is 0. The molecule has 1 amide bonds. The lowest BCUT2D eigenvalue weighted by Crippen LogP contribution is -2.49. The van der Waals surface area contributed by atoms with Crippen LogP contribution in [0.25, 0.3) is 0 Å². The Labute approximate surface area is 135 Å². The van der Waals surface area contributed by atoms with Gasteiger partial charge in [0.05, 0.1) is 0 Å². The van der Waals surface area contributed by atoms with Crippen molar-refractivity contribution in [2.24, 2.45) is 0 Å². The highest BCUT2D eigenvalue weighted by atomic mass is 19.1. The lowest BCUT2D eigenvalue weighted by atomic mass is 9.97. The predicted molar refractivity (Wildman–Crippen MR) is 82.5 cm³/mol. The van der Waals surface area contributed by atoms with E-state index in [1.807, 2.05) is 13.8 Å². The Morgan fingerprint density at radius 2 is 1.91 bits per heavy atom. The third-order valence-corrected chi connectivity index (χ3v) is 3.99. The molecule has 0 aliphatic carbocycles. The molecule has 1 aromatic carbocycles. The number of hydrogen-bond acceptors (Lipinski definition) is 4. The summed E-state index contributed by atoms with van der Waals surface area (Å²) in [4.78, 5) is 25.6. The molecule has 0 bridgehead atoms. The van der Waals surface area contributed by atoms with Crippen LogP contribution in [-0.2, 0) is 14.3 Å². The number of amides is 1. The Kier molecular flexibility index (Phi) is 5.96. The van der Waals surface area contributed by atoms with Gasteiger partial charge in [0.25, 0.3) is 5.91 Å². The fourth-order valence-electron chi connectivity index (χ4n) is 2.87. The van der Waals surface area contributed by atoms with Gasteiger partial charge in [0.2, 0.25) is 0 Å². The van der Waals surface area contributed by atoms with E-state index in [1.54, 1.807) is 11.0 Å². The molecular weight excluding hydrogens is 301 g/mol. The minimum Gasteiger partial charge on any atom is -0.482 e. The summed E-state index contributed by atoms with van der Waals surface area (Å²) >= 11 is 0. The number of carbonyl (C=O) groups excluding carboxylic acids is 2. The highest BCUT2D eigenvalue weighted by Gasteiger charge is 2.29. The zero-order valence-corrected chi connectivity index (χ0v) is 13.5. The summed E-state index contributed by atoms with van der Waals surface area (Å²) in [5.41, 5.74) is 0. The molecule has 1 saturated heterocycles. The molecule has 1 aliphatic rings. The highest BCUT2D eigenvalue weighted by Crippen LogP contribution is 2.22. The Hall–Kier alpha value is -2.11. The van der Waals surface area contributed by atoms with Crippen molar-refractivity contribution in [2.75, 3.05) is 13.2 Å². The maximum Gasteiger partial charge on any atom is 0.344 e. The molecule has 0 N–H and O–H groups in total. The number of rotatable bonds is 5. The predicted octanol–water partition coefficient (Wildman–Crippen LogP) is 2.54. The van der Waals surface area contributed by atoms with Gasteiger partial charge in [-0.2, -0.15) is 0 Å². The van der Waals surface area contributed by atoms with E-state index in [0.29, 0.717) is 0 Å². The Bertz CT molecular complexity index is 553. The first-order valence-electron chi connectivity index (χ1n) is 7.82. The van der Waals surface area contributed by atoms with Gasteiger partial charge in [-0.3, -0.25) is 4.79 Å². The van der Waals surface area contributed by atoms with E-state index in [2.05, 4.69) is 0 Å². The number of nitrogens with zero attached hydrogens (tertiary/aromatic N) is 1. The van der Waals surface area contributed by atoms with E-state index in [1.165, 1.54) is 18.2 Å². The van der Waals surface area contributed by atoms with E-state index in [9.17, 15) is 14.0 Å². The minimum atomic E-state index is -0.653. The standard InChI is InChI=1S/C17H22FNO4/c1-12-5-3-6-13(2)19(12)16(20)10-23-17(21)11-22-15-8-4-7-14(18)9-15/h4,7-9,12-13H,3,5-6,10-11H2,1-2H3/t12-,13+. The Balaban J connectivity index is 1.76. The average Bonchev–Trinajstić information content (AvgIpc) is 2.51. The van der Waals surface area contributed by atoms with Gasteiger partial charge in [-0.05, 0) is 45.2 Å². The molecule has 0 radical (unpaired) electrons. The highest BCUT2D eigenvalue weighted by molar-refractivity contribution is 5.81. The maximum absolute atomic E-state index is 13.0. The molecule has 23 heavy (non-hydrogen) atoms. The van der Waals surface area contributed by atoms with Crippen LogP contribution in [-0.4, -0.2) is 42.1 Å². The SMILES string of the molecule is C[C@@H]1CCC[C@H](C)N1C(=O)COC(=O)COc1cccc(F)c1. The molecule has 1 fully saturated rings. The summed E-state index contributed by atoms with van der Waals surface area (Å²) in [6.07, 6.45) is 3.03. The summed E-state index contributed by atoms with van der Waals surface area (Å²) in [5, 5.41) is 0. The Morgan fingerprint density at radius 3 is 2.57 bits per heavy atom. The summed E-state index contributed by atoms with van der Waals surface area (Å²) in [6.45, 7) is 3.35. The second-order valence-corrected chi connectivity index (χ2v) is 5.84. The third-order valence-electron chi connectivity index (χ3n) is 3.99. The van der Waals surface area contributed by atoms with Crippen molar-refractivity contribution >= 4 is 11.9 Å². The van der Waals surface area contributed by atoms with Crippen LogP contribution in [0, 0.1) is 5.82 Å². The van der Waals surface area contributed by atoms with Crippen LogP contribution in [0.5, 0.6) is 5.75 Å². The first-order valence-corrected chi connectivity index (χ1v) is 7.82. The van der Waals surface area contributed by atoms with E-state index in [-0.39, 0.29) is 37.0 Å². The van der Waals surface area contributed by atoms with Crippen LogP contribution in [0.15, 0.2) is 24.3 Å². The average molecular weight is 323 g/mol. The fourth-order valence-corrected chi connectivity index (χ4v) is 2.87. The third kappa shape index (κ3) is 4.94. The van der Waals surface area contributed by atoms with Crippen molar-refractivity contribution in [1.29, 1.82) is 0 Å². The molecule has 2 atom stereocenters. The fraction of sp³-hybridized carbons (Fsp3) is 0.529. The lowest BCUT2D eigenvalue weighted by molar-refractivity contribution is -0.156. The number of ether oxygens (including phenoxy) is 2. The second kappa shape index (κ2) is 7.94. The summed E-state index contributed by atoms with van der Waals surface area (Å²) in [7, 11) is 0. The second-order valence-electron chi connectivity index (χ2n) is 5.84. The van der Waals surface area contributed by atoms with Crippen LogP contribution in [0.2, 0.25) is 0 Å². The first-order chi connectivity index (χ1) is 11.0. The summed E-state index contributed by atoms with van der Waals surface area (Å²) < 4.78 is 23.1. The van der Waals surface area contributed by atoms with Gasteiger partial charge in [0, 0.05) is 18.2 Å². The van der Waals surface area contributed by atoms with Gasteiger partial charge in [0.15, 0.2) is 13.2 Å². The number of carbonyl (C=O) groups is 2. The van der Waals surface area contributed by atoms with Crippen molar-refractivity contribution in [1.82, 2.24) is 4.90 Å². The van der Waals surface area contributed by atoms with Gasteiger partial charge in [0.1, 0.15) is 11.6 Å². The number of benzene rings is 1. The number of halogens is 1. The van der Waals surface area contributed by atoms with Gasteiger partial charge < -0.3 is 14.4 Å². The summed E-state index contributed by atoms with van der Waals surface area (Å²) in [6, 6.07) is 5.81. The van der Waals surface area contributed by atoms with Crippen LogP contribution < -0.4 is 4.74 Å². The van der Waals surface area contributed by atoms with Crippen LogP contribution in [0.3, 0.4) is 0 Å². The summed E-state index contributed by atoms with van der Waals surface area (Å²) in [5.74, 6) is -1.05. The van der Waals surface area contributed by atoms with Gasteiger partial charge in [-0.25, -0.2) is 9.18 Å². The molecule has 0 saturated carbocycles. The first kappa shape index (κ1) is 17.2. The number of likely N-dealkylation sites (tertiary alicyclic amines) is 1. The van der Waals surface area contributed by atoms with Crippen LogP contribution >= 0.6 is 0 Å². The van der Waals surface area contributed by atoms with Gasteiger partial charge in [-0.15, -0.1) is 0 Å². The topological polar surface area (TPSA) is 55.8 Å². The van der Waals surface area contributed by atoms with Crippen molar-refractivity contribution in [3.05, 3.63) is 30.1 Å². The van der Waals surface area contributed by atoms with Crippen molar-refractivity contribution < 1.29 is 23.5 Å². The lowest BCUT2D eigenvalue weighted by Gasteiger charge is -2.38. The molecule has 0 spiro atoms. The zero-order valence-electron chi connectivity index (χ0n) is 13.5. The van der Waals surface area contributed by atoms with Crippen molar-refractivity contribution in [3.8, 4) is 5.75 Å². The monoisotopic (exact) mass is 323 g/mol. The van der Waals surface area contributed by atoms with E-state index in [4.69, 9.17) is 9.47 Å². The minimum absolute atomic E-state index is 0.161. The number of esters is 1. The largest absolute Gasteiger partial charge is 0.482 e. The van der Waals surface area contributed by atoms with Gasteiger partial charge >= 0.3 is 5.97 Å². The Morgan fingerprint density at radius 1 is 1.22 bits per heavy atom. The molecule has 0 aromatic heterocycles. The molecule has 1 heterocycles. The molecule has 126 valence electrons. The van der Waals surface area contributed by atoms with Crippen LogP contribution in [0.1, 0.15) is 33.1 Å². The van der Waals surface area contributed by atoms with Crippen molar-refractivity contribution in [2.45, 2.75) is 45.2 Å². The number of piperidine rings is 1. The molecular formula is C17H22FNO4. The molecule has 2 rings (SSSR count). The normalized spacial score (nSPS) is 20.9. The molecule has 6 heteroatoms. The van der Waals surface area contributed by atoms with E-state index in [0.717, 1.165) is 19.3 Å². The smallest absolute Gasteiger partial charge is 0.344 e. The maximum atomic E-state index is 13.0. The van der Waals surface area contributed by atoms with Gasteiger partial charge in [-0.1, -0.05) is 6.07 Å². The van der Waals surface area contributed by atoms with Crippen LogP contribution in [0.4, 0.5) is 4.39 Å². The molecule has 0 unspecified atom stereocenters.